The van der Waals surface area contributed by atoms with Crippen molar-refractivity contribution >= 4 is 23.0 Å². The maximum absolute atomic E-state index is 11.6. The Bertz CT molecular complexity index is 711. The normalized spacial score (nSPS) is 14.5. The molecule has 24 heavy (non-hydrogen) atoms. The minimum Gasteiger partial charge on any atom is -0.351 e. The molecule has 1 fully saturated rings. The van der Waals surface area contributed by atoms with Gasteiger partial charge in [0.2, 0.25) is 11.6 Å². The Hall–Kier alpha value is -2.70. The molecule has 2 heterocycles. The summed E-state index contributed by atoms with van der Waals surface area (Å²) in [5, 5.41) is 14.7. The Morgan fingerprint density at radius 3 is 2.50 bits per heavy atom. The molecule has 7 heteroatoms. The maximum atomic E-state index is 11.6. The van der Waals surface area contributed by atoms with Crippen LogP contribution in [0.25, 0.3) is 0 Å². The first-order valence-corrected chi connectivity index (χ1v) is 8.29. The van der Waals surface area contributed by atoms with Crippen molar-refractivity contribution in [2.45, 2.75) is 32.6 Å². The molecule has 0 bridgehead atoms. The van der Waals surface area contributed by atoms with Crippen molar-refractivity contribution in [3.05, 3.63) is 46.3 Å². The molecule has 0 unspecified atom stereocenters. The number of aryl methyl sites for hydroxylation is 1. The monoisotopic (exact) mass is 327 g/mol. The standard InChI is InChI=1S/C17H21N5O2/c1-2-13-6-8-14(9-7-13)20-16-15(22(23)24)17(19-12-18-16)21-10-4-3-5-11-21/h6-9,12H,2-5,10-11H2,1H3,(H,18,19,20). The van der Waals surface area contributed by atoms with Crippen LogP contribution in [-0.4, -0.2) is 28.0 Å². The van der Waals surface area contributed by atoms with Crippen LogP contribution < -0.4 is 10.2 Å². The quantitative estimate of drug-likeness (QED) is 0.666. The summed E-state index contributed by atoms with van der Waals surface area (Å²) in [7, 11) is 0. The van der Waals surface area contributed by atoms with E-state index in [4.69, 9.17) is 0 Å². The molecular formula is C17H21N5O2. The Morgan fingerprint density at radius 2 is 1.88 bits per heavy atom. The molecule has 2 aromatic rings. The molecule has 1 N–H and O–H groups in total. The Morgan fingerprint density at radius 1 is 1.17 bits per heavy atom. The van der Waals surface area contributed by atoms with Crippen LogP contribution in [0.3, 0.4) is 0 Å². The van der Waals surface area contributed by atoms with Crippen LogP contribution in [0.1, 0.15) is 31.7 Å². The van der Waals surface area contributed by atoms with Gasteiger partial charge in [-0.05, 0) is 43.4 Å². The lowest BCUT2D eigenvalue weighted by Crippen LogP contribution is -2.31. The minimum atomic E-state index is -0.396. The molecule has 0 radical (unpaired) electrons. The molecule has 126 valence electrons. The number of nitro groups is 1. The summed E-state index contributed by atoms with van der Waals surface area (Å²) in [5.41, 5.74) is 1.93. The van der Waals surface area contributed by atoms with Gasteiger partial charge in [0.1, 0.15) is 6.33 Å². The smallest absolute Gasteiger partial charge is 0.351 e. The third kappa shape index (κ3) is 3.45. The zero-order valence-corrected chi connectivity index (χ0v) is 13.7. The lowest BCUT2D eigenvalue weighted by molar-refractivity contribution is -0.383. The second kappa shape index (κ2) is 7.25. The number of rotatable bonds is 5. The molecule has 0 aliphatic carbocycles. The van der Waals surface area contributed by atoms with Crippen molar-refractivity contribution in [3.8, 4) is 0 Å². The van der Waals surface area contributed by atoms with Gasteiger partial charge in [0.25, 0.3) is 0 Å². The predicted molar refractivity (Wildman–Crippen MR) is 93.9 cm³/mol. The molecule has 0 atom stereocenters. The van der Waals surface area contributed by atoms with Crippen LogP contribution >= 0.6 is 0 Å². The zero-order valence-electron chi connectivity index (χ0n) is 13.7. The Balaban J connectivity index is 1.92. The summed E-state index contributed by atoms with van der Waals surface area (Å²) < 4.78 is 0. The number of aromatic nitrogens is 2. The first-order chi connectivity index (χ1) is 11.7. The van der Waals surface area contributed by atoms with Crippen LogP contribution in [-0.2, 0) is 6.42 Å². The molecule has 1 aromatic heterocycles. The van der Waals surface area contributed by atoms with Gasteiger partial charge in [-0.1, -0.05) is 19.1 Å². The molecule has 1 aliphatic rings. The average Bonchev–Trinajstić information content (AvgIpc) is 2.62. The van der Waals surface area contributed by atoms with Gasteiger partial charge in [0.05, 0.1) is 4.92 Å². The Kier molecular flexibility index (Phi) is 4.88. The molecule has 7 nitrogen and oxygen atoms in total. The number of benzene rings is 1. The second-order valence-corrected chi connectivity index (χ2v) is 5.87. The number of hydrogen-bond acceptors (Lipinski definition) is 6. The highest BCUT2D eigenvalue weighted by Gasteiger charge is 2.27. The molecular weight excluding hydrogens is 306 g/mol. The summed E-state index contributed by atoms with van der Waals surface area (Å²) in [5.74, 6) is 0.641. The molecule has 1 saturated heterocycles. The van der Waals surface area contributed by atoms with E-state index in [0.717, 1.165) is 44.5 Å². The predicted octanol–water partition coefficient (Wildman–Crippen LogP) is 3.68. The highest BCUT2D eigenvalue weighted by atomic mass is 16.6. The van der Waals surface area contributed by atoms with Crippen LogP contribution in [0, 0.1) is 10.1 Å². The van der Waals surface area contributed by atoms with Gasteiger partial charge in [-0.3, -0.25) is 10.1 Å². The first-order valence-electron chi connectivity index (χ1n) is 8.29. The van der Waals surface area contributed by atoms with Crippen molar-refractivity contribution in [2.75, 3.05) is 23.3 Å². The molecule has 0 saturated carbocycles. The van der Waals surface area contributed by atoms with Crippen molar-refractivity contribution in [1.82, 2.24) is 9.97 Å². The number of nitrogens with zero attached hydrogens (tertiary/aromatic N) is 4. The van der Waals surface area contributed by atoms with Crippen molar-refractivity contribution in [2.24, 2.45) is 0 Å². The highest BCUT2D eigenvalue weighted by Crippen LogP contribution is 2.34. The fourth-order valence-electron chi connectivity index (χ4n) is 2.93. The van der Waals surface area contributed by atoms with Gasteiger partial charge < -0.3 is 10.2 Å². The summed E-state index contributed by atoms with van der Waals surface area (Å²) in [6, 6.07) is 7.82. The van der Waals surface area contributed by atoms with Gasteiger partial charge in [-0.2, -0.15) is 0 Å². The SMILES string of the molecule is CCc1ccc(Nc2ncnc(N3CCCCC3)c2[N+](=O)[O-])cc1. The van der Waals surface area contributed by atoms with Gasteiger partial charge >= 0.3 is 5.69 Å². The third-order valence-electron chi connectivity index (χ3n) is 4.27. The topological polar surface area (TPSA) is 84.2 Å². The van der Waals surface area contributed by atoms with Crippen LogP contribution in [0.4, 0.5) is 23.0 Å². The van der Waals surface area contributed by atoms with E-state index in [1.165, 1.54) is 11.9 Å². The summed E-state index contributed by atoms with van der Waals surface area (Å²) >= 11 is 0. The van der Waals surface area contributed by atoms with E-state index in [1.54, 1.807) is 0 Å². The first kappa shape index (κ1) is 16.2. The van der Waals surface area contributed by atoms with Crippen LogP contribution in [0.15, 0.2) is 30.6 Å². The lowest BCUT2D eigenvalue weighted by Gasteiger charge is -2.27. The average molecular weight is 327 g/mol. The summed E-state index contributed by atoms with van der Waals surface area (Å²) in [6.45, 7) is 3.67. The maximum Gasteiger partial charge on any atom is 0.353 e. The number of piperidine rings is 1. The third-order valence-corrected chi connectivity index (χ3v) is 4.27. The lowest BCUT2D eigenvalue weighted by atomic mass is 10.1. The zero-order chi connectivity index (χ0) is 16.9. The van der Waals surface area contributed by atoms with Crippen LogP contribution in [0.5, 0.6) is 0 Å². The minimum absolute atomic E-state index is 0.0565. The van der Waals surface area contributed by atoms with Gasteiger partial charge in [0.15, 0.2) is 0 Å². The van der Waals surface area contributed by atoms with E-state index in [1.807, 2.05) is 29.2 Å². The van der Waals surface area contributed by atoms with Gasteiger partial charge in [-0.25, -0.2) is 9.97 Å². The molecule has 1 aliphatic heterocycles. The molecule has 0 amide bonds. The number of nitrogens with one attached hydrogen (secondary N) is 1. The van der Waals surface area contributed by atoms with E-state index >= 15 is 0 Å². The van der Waals surface area contributed by atoms with E-state index in [0.29, 0.717) is 5.82 Å². The van der Waals surface area contributed by atoms with Crippen LogP contribution in [0.2, 0.25) is 0 Å². The van der Waals surface area contributed by atoms with Gasteiger partial charge in [0, 0.05) is 18.8 Å². The number of hydrogen-bond donors (Lipinski definition) is 1. The fourth-order valence-corrected chi connectivity index (χ4v) is 2.93. The second-order valence-electron chi connectivity index (χ2n) is 5.87. The fraction of sp³-hybridized carbons (Fsp3) is 0.412. The summed E-state index contributed by atoms with van der Waals surface area (Å²) in [4.78, 5) is 21.5. The number of anilines is 3. The largest absolute Gasteiger partial charge is 0.353 e. The van der Waals surface area contributed by atoms with Crippen molar-refractivity contribution < 1.29 is 4.92 Å². The summed E-state index contributed by atoms with van der Waals surface area (Å²) in [6.07, 6.45) is 5.56. The van der Waals surface area contributed by atoms with E-state index in [2.05, 4.69) is 22.2 Å². The van der Waals surface area contributed by atoms with E-state index in [9.17, 15) is 10.1 Å². The Labute approximate surface area is 140 Å². The van der Waals surface area contributed by atoms with E-state index < -0.39 is 4.92 Å². The molecule has 3 rings (SSSR count). The highest BCUT2D eigenvalue weighted by molar-refractivity contribution is 5.74. The molecule has 0 spiro atoms. The van der Waals surface area contributed by atoms with Crippen molar-refractivity contribution in [3.63, 3.8) is 0 Å². The van der Waals surface area contributed by atoms with E-state index in [-0.39, 0.29) is 11.5 Å². The van der Waals surface area contributed by atoms with Crippen molar-refractivity contribution in [1.29, 1.82) is 0 Å². The molecule has 1 aromatic carbocycles. The van der Waals surface area contributed by atoms with Gasteiger partial charge in [-0.15, -0.1) is 0 Å².